The Morgan fingerprint density at radius 1 is 1.27 bits per heavy atom. The van der Waals surface area contributed by atoms with Crippen LogP contribution < -0.4 is 0 Å². The van der Waals surface area contributed by atoms with E-state index in [1.807, 2.05) is 6.07 Å². The smallest absolute Gasteiger partial charge is 0.133 e. The maximum absolute atomic E-state index is 9.11. The number of piperazine rings is 1. The molecule has 1 N–H and O–H groups in total. The summed E-state index contributed by atoms with van der Waals surface area (Å²) in [6.07, 6.45) is 1.51. The zero-order valence-electron chi connectivity index (χ0n) is 9.06. The SMILES string of the molecule is CN1CCN(Cc2ccc(O)cn2)CC1. The van der Waals surface area contributed by atoms with Gasteiger partial charge in [-0.3, -0.25) is 9.88 Å². The molecule has 82 valence electrons. The predicted octanol–water partition coefficient (Wildman–Crippen LogP) is 0.535. The van der Waals surface area contributed by atoms with Crippen LogP contribution in [0.5, 0.6) is 5.75 Å². The third-order valence-electron chi connectivity index (χ3n) is 2.79. The van der Waals surface area contributed by atoms with Crippen molar-refractivity contribution in [2.75, 3.05) is 33.2 Å². The number of aromatic hydroxyl groups is 1. The molecule has 1 aliphatic heterocycles. The molecule has 1 fully saturated rings. The molecule has 1 saturated heterocycles. The quantitative estimate of drug-likeness (QED) is 0.768. The van der Waals surface area contributed by atoms with Crippen LogP contribution in [-0.2, 0) is 6.54 Å². The second kappa shape index (κ2) is 4.59. The van der Waals surface area contributed by atoms with Crippen molar-refractivity contribution in [1.29, 1.82) is 0 Å². The molecular formula is C11H17N3O. The molecule has 0 amide bonds. The number of aromatic nitrogens is 1. The summed E-state index contributed by atoms with van der Waals surface area (Å²) in [6, 6.07) is 3.58. The standard InChI is InChI=1S/C11H17N3O/c1-13-4-6-14(7-5-13)9-10-2-3-11(15)8-12-10/h2-3,8,15H,4-7,9H2,1H3. The molecule has 15 heavy (non-hydrogen) atoms. The van der Waals surface area contributed by atoms with E-state index in [0.29, 0.717) is 0 Å². The van der Waals surface area contributed by atoms with Crippen LogP contribution in [0.4, 0.5) is 0 Å². The topological polar surface area (TPSA) is 39.6 Å². The van der Waals surface area contributed by atoms with E-state index in [9.17, 15) is 0 Å². The average molecular weight is 207 g/mol. The van der Waals surface area contributed by atoms with Crippen LogP contribution in [0, 0.1) is 0 Å². The molecular weight excluding hydrogens is 190 g/mol. The third-order valence-corrected chi connectivity index (χ3v) is 2.79. The molecule has 0 aromatic carbocycles. The summed E-state index contributed by atoms with van der Waals surface area (Å²) in [5.74, 6) is 0.233. The number of likely N-dealkylation sites (N-methyl/N-ethyl adjacent to an activating group) is 1. The first-order valence-corrected chi connectivity index (χ1v) is 5.29. The molecule has 0 unspecified atom stereocenters. The molecule has 0 bridgehead atoms. The van der Waals surface area contributed by atoms with Crippen LogP contribution in [0.3, 0.4) is 0 Å². The van der Waals surface area contributed by atoms with Crippen molar-refractivity contribution in [2.24, 2.45) is 0 Å². The molecule has 4 nitrogen and oxygen atoms in total. The van der Waals surface area contributed by atoms with Gasteiger partial charge in [0.2, 0.25) is 0 Å². The Hall–Kier alpha value is -1.13. The maximum atomic E-state index is 9.11. The zero-order chi connectivity index (χ0) is 10.7. The number of rotatable bonds is 2. The van der Waals surface area contributed by atoms with Gasteiger partial charge in [0, 0.05) is 32.7 Å². The Balaban J connectivity index is 1.89. The minimum absolute atomic E-state index is 0.233. The van der Waals surface area contributed by atoms with E-state index < -0.39 is 0 Å². The van der Waals surface area contributed by atoms with Gasteiger partial charge in [0.15, 0.2) is 0 Å². The summed E-state index contributed by atoms with van der Waals surface area (Å²) in [4.78, 5) is 8.91. The van der Waals surface area contributed by atoms with E-state index in [0.717, 1.165) is 38.4 Å². The maximum Gasteiger partial charge on any atom is 0.133 e. The van der Waals surface area contributed by atoms with Gasteiger partial charge in [0.25, 0.3) is 0 Å². The van der Waals surface area contributed by atoms with E-state index >= 15 is 0 Å². The van der Waals surface area contributed by atoms with Gasteiger partial charge in [0.1, 0.15) is 5.75 Å². The zero-order valence-corrected chi connectivity index (χ0v) is 9.06. The first-order chi connectivity index (χ1) is 7.24. The highest BCUT2D eigenvalue weighted by Crippen LogP contribution is 2.09. The Bertz CT molecular complexity index is 304. The normalized spacial score (nSPS) is 19.3. The van der Waals surface area contributed by atoms with Gasteiger partial charge in [-0.2, -0.15) is 0 Å². The fraction of sp³-hybridized carbons (Fsp3) is 0.545. The van der Waals surface area contributed by atoms with Crippen LogP contribution in [0.15, 0.2) is 18.3 Å². The highest BCUT2D eigenvalue weighted by atomic mass is 16.3. The second-order valence-corrected chi connectivity index (χ2v) is 4.09. The molecule has 0 saturated carbocycles. The molecule has 1 aromatic rings. The second-order valence-electron chi connectivity index (χ2n) is 4.09. The predicted molar refractivity (Wildman–Crippen MR) is 58.7 cm³/mol. The lowest BCUT2D eigenvalue weighted by Crippen LogP contribution is -2.43. The van der Waals surface area contributed by atoms with Gasteiger partial charge in [-0.05, 0) is 19.2 Å². The third kappa shape index (κ3) is 2.91. The minimum atomic E-state index is 0.233. The lowest BCUT2D eigenvalue weighted by Gasteiger charge is -2.31. The molecule has 0 atom stereocenters. The number of nitrogens with zero attached hydrogens (tertiary/aromatic N) is 3. The van der Waals surface area contributed by atoms with E-state index in [1.165, 1.54) is 6.20 Å². The Kier molecular flexibility index (Phi) is 3.18. The van der Waals surface area contributed by atoms with Gasteiger partial charge in [-0.15, -0.1) is 0 Å². The van der Waals surface area contributed by atoms with Crippen molar-refractivity contribution in [3.8, 4) is 5.75 Å². The summed E-state index contributed by atoms with van der Waals surface area (Å²) in [5, 5.41) is 9.11. The fourth-order valence-electron chi connectivity index (χ4n) is 1.75. The van der Waals surface area contributed by atoms with Crippen LogP contribution in [0.25, 0.3) is 0 Å². The van der Waals surface area contributed by atoms with Gasteiger partial charge in [-0.25, -0.2) is 0 Å². The molecule has 0 aliphatic carbocycles. The highest BCUT2D eigenvalue weighted by Gasteiger charge is 2.13. The molecule has 1 aromatic heterocycles. The monoisotopic (exact) mass is 207 g/mol. The van der Waals surface area contributed by atoms with E-state index in [2.05, 4.69) is 21.8 Å². The van der Waals surface area contributed by atoms with Crippen LogP contribution in [0.1, 0.15) is 5.69 Å². The van der Waals surface area contributed by atoms with Gasteiger partial charge in [0.05, 0.1) is 11.9 Å². The van der Waals surface area contributed by atoms with Crippen LogP contribution in [0.2, 0.25) is 0 Å². The Morgan fingerprint density at radius 3 is 2.60 bits per heavy atom. The lowest BCUT2D eigenvalue weighted by atomic mass is 10.3. The molecule has 2 rings (SSSR count). The van der Waals surface area contributed by atoms with Crippen molar-refractivity contribution in [2.45, 2.75) is 6.54 Å². The van der Waals surface area contributed by atoms with Gasteiger partial charge in [-0.1, -0.05) is 0 Å². The first-order valence-electron chi connectivity index (χ1n) is 5.29. The lowest BCUT2D eigenvalue weighted by molar-refractivity contribution is 0.147. The summed E-state index contributed by atoms with van der Waals surface area (Å²) < 4.78 is 0. The van der Waals surface area contributed by atoms with Crippen molar-refractivity contribution < 1.29 is 5.11 Å². The van der Waals surface area contributed by atoms with Crippen LogP contribution in [-0.4, -0.2) is 53.1 Å². The molecule has 4 heteroatoms. The van der Waals surface area contributed by atoms with Gasteiger partial charge < -0.3 is 10.0 Å². The number of hydrogen-bond acceptors (Lipinski definition) is 4. The summed E-state index contributed by atoms with van der Waals surface area (Å²) in [6.45, 7) is 5.32. The van der Waals surface area contributed by atoms with E-state index in [-0.39, 0.29) is 5.75 Å². The van der Waals surface area contributed by atoms with Crippen molar-refractivity contribution >= 4 is 0 Å². The highest BCUT2D eigenvalue weighted by molar-refractivity contribution is 5.17. The summed E-state index contributed by atoms with van der Waals surface area (Å²) in [5.41, 5.74) is 1.03. The van der Waals surface area contributed by atoms with Gasteiger partial charge >= 0.3 is 0 Å². The summed E-state index contributed by atoms with van der Waals surface area (Å²) in [7, 11) is 2.15. The number of hydrogen-bond donors (Lipinski definition) is 1. The minimum Gasteiger partial charge on any atom is -0.506 e. The van der Waals surface area contributed by atoms with E-state index in [1.54, 1.807) is 6.07 Å². The van der Waals surface area contributed by atoms with Crippen molar-refractivity contribution in [1.82, 2.24) is 14.8 Å². The molecule has 2 heterocycles. The fourth-order valence-corrected chi connectivity index (χ4v) is 1.75. The van der Waals surface area contributed by atoms with Crippen molar-refractivity contribution in [3.05, 3.63) is 24.0 Å². The average Bonchev–Trinajstić information content (AvgIpc) is 2.25. The Morgan fingerprint density at radius 2 is 2.00 bits per heavy atom. The van der Waals surface area contributed by atoms with E-state index in [4.69, 9.17) is 5.11 Å². The van der Waals surface area contributed by atoms with Crippen LogP contribution >= 0.6 is 0 Å². The Labute approximate surface area is 90.1 Å². The molecule has 0 spiro atoms. The molecule has 1 aliphatic rings. The number of pyridine rings is 1. The van der Waals surface area contributed by atoms with Crippen molar-refractivity contribution in [3.63, 3.8) is 0 Å². The summed E-state index contributed by atoms with van der Waals surface area (Å²) >= 11 is 0. The largest absolute Gasteiger partial charge is 0.506 e. The molecule has 0 radical (unpaired) electrons. The first kappa shape index (κ1) is 10.4.